The van der Waals surface area contributed by atoms with E-state index in [0.29, 0.717) is 25.5 Å². The van der Waals surface area contributed by atoms with Crippen LogP contribution in [-0.2, 0) is 16.1 Å². The number of rotatable bonds is 11. The molecule has 6 nitrogen and oxygen atoms in total. The zero-order chi connectivity index (χ0) is 19.2. The Morgan fingerprint density at radius 3 is 2.44 bits per heavy atom. The number of hydrogen-bond acceptors (Lipinski definition) is 3. The van der Waals surface area contributed by atoms with E-state index in [1.807, 2.05) is 31.2 Å². The third-order valence-electron chi connectivity index (χ3n) is 3.78. The Kier molecular flexibility index (Phi) is 14.9. The lowest BCUT2D eigenvalue weighted by Crippen LogP contribution is -2.38. The number of nitrogens with zero attached hydrogens (tertiary/aromatic N) is 1. The molecule has 7 heteroatoms. The third-order valence-corrected chi connectivity index (χ3v) is 3.78. The van der Waals surface area contributed by atoms with Gasteiger partial charge in [0.1, 0.15) is 0 Å². The quantitative estimate of drug-likeness (QED) is 0.191. The van der Waals surface area contributed by atoms with E-state index in [2.05, 4.69) is 34.8 Å². The highest BCUT2D eigenvalue weighted by molar-refractivity contribution is 14.0. The van der Waals surface area contributed by atoms with Crippen LogP contribution in [0.25, 0.3) is 0 Å². The van der Waals surface area contributed by atoms with Crippen molar-refractivity contribution in [2.45, 2.75) is 46.6 Å². The number of guanidine groups is 1. The van der Waals surface area contributed by atoms with Crippen LogP contribution in [0.1, 0.15) is 45.6 Å². The predicted molar refractivity (Wildman–Crippen MR) is 124 cm³/mol. The van der Waals surface area contributed by atoms with Crippen LogP contribution in [0.3, 0.4) is 0 Å². The van der Waals surface area contributed by atoms with Crippen LogP contribution in [0.15, 0.2) is 29.3 Å². The van der Waals surface area contributed by atoms with Gasteiger partial charge in [0.05, 0.1) is 6.61 Å². The van der Waals surface area contributed by atoms with Crippen LogP contribution in [0.5, 0.6) is 0 Å². The molecular formula is C20H35IN4O2. The Labute approximate surface area is 181 Å². The normalized spacial score (nSPS) is 11.1. The van der Waals surface area contributed by atoms with Gasteiger partial charge in [-0.15, -0.1) is 24.0 Å². The number of aliphatic imine (C=N–C) groups is 1. The average molecular weight is 490 g/mol. The molecule has 0 saturated carbocycles. The number of anilines is 1. The highest BCUT2D eigenvalue weighted by Gasteiger charge is 2.02. The molecular weight excluding hydrogens is 455 g/mol. The molecule has 0 aliphatic heterocycles. The van der Waals surface area contributed by atoms with Crippen molar-refractivity contribution in [3.05, 3.63) is 29.8 Å². The maximum atomic E-state index is 11.6. The molecule has 1 rings (SSSR count). The zero-order valence-electron chi connectivity index (χ0n) is 17.0. The highest BCUT2D eigenvalue weighted by atomic mass is 127. The molecule has 0 unspecified atom stereocenters. The lowest BCUT2D eigenvalue weighted by Gasteiger charge is -2.13. The van der Waals surface area contributed by atoms with Crippen molar-refractivity contribution < 1.29 is 9.53 Å². The molecule has 0 aliphatic carbocycles. The van der Waals surface area contributed by atoms with Gasteiger partial charge in [-0.1, -0.05) is 32.9 Å². The fourth-order valence-corrected chi connectivity index (χ4v) is 2.23. The van der Waals surface area contributed by atoms with Gasteiger partial charge in [-0.05, 0) is 36.5 Å². The van der Waals surface area contributed by atoms with Crippen LogP contribution < -0.4 is 16.0 Å². The summed E-state index contributed by atoms with van der Waals surface area (Å²) in [7, 11) is 1.75. The number of halogens is 1. The molecule has 0 spiro atoms. The van der Waals surface area contributed by atoms with Crippen LogP contribution in [0.4, 0.5) is 5.69 Å². The van der Waals surface area contributed by atoms with Crippen molar-refractivity contribution in [3.8, 4) is 0 Å². The Hall–Kier alpha value is -1.35. The number of carbonyl (C=O) groups excluding carboxylic acids is 1. The van der Waals surface area contributed by atoms with Crippen LogP contribution in [-0.4, -0.2) is 38.7 Å². The number of hydrogen-bond donors (Lipinski definition) is 3. The monoisotopic (exact) mass is 490 g/mol. The molecule has 0 saturated heterocycles. The van der Waals surface area contributed by atoms with Crippen molar-refractivity contribution in [1.29, 1.82) is 0 Å². The first kappa shape index (κ1) is 25.6. The first-order valence-corrected chi connectivity index (χ1v) is 9.46. The van der Waals surface area contributed by atoms with Gasteiger partial charge < -0.3 is 20.7 Å². The molecule has 1 aromatic carbocycles. The van der Waals surface area contributed by atoms with Crippen molar-refractivity contribution in [2.75, 3.05) is 32.1 Å². The topological polar surface area (TPSA) is 74.8 Å². The summed E-state index contributed by atoms with van der Waals surface area (Å²) in [4.78, 5) is 15.8. The molecule has 0 aliphatic rings. The molecule has 27 heavy (non-hydrogen) atoms. The van der Waals surface area contributed by atoms with Gasteiger partial charge in [-0.2, -0.15) is 0 Å². The minimum absolute atomic E-state index is 0. The van der Waals surface area contributed by atoms with Gasteiger partial charge >= 0.3 is 0 Å². The van der Waals surface area contributed by atoms with E-state index >= 15 is 0 Å². The predicted octanol–water partition coefficient (Wildman–Crippen LogP) is 3.77. The molecule has 3 N–H and O–H groups in total. The van der Waals surface area contributed by atoms with Gasteiger partial charge in [-0.25, -0.2) is 0 Å². The second-order valence-electron chi connectivity index (χ2n) is 6.64. The number of carbonyl (C=O) groups is 1. The van der Waals surface area contributed by atoms with Gasteiger partial charge in [0.15, 0.2) is 5.96 Å². The van der Waals surface area contributed by atoms with Gasteiger partial charge in [-0.3, -0.25) is 9.79 Å². The second-order valence-corrected chi connectivity index (χ2v) is 6.64. The molecule has 0 aromatic heterocycles. The lowest BCUT2D eigenvalue weighted by atomic mass is 10.1. The molecule has 154 valence electrons. The number of ether oxygens (including phenoxy) is 1. The van der Waals surface area contributed by atoms with Crippen LogP contribution >= 0.6 is 24.0 Å². The van der Waals surface area contributed by atoms with Crippen molar-refractivity contribution >= 4 is 41.5 Å². The van der Waals surface area contributed by atoms with Crippen LogP contribution in [0, 0.1) is 5.92 Å². The number of benzene rings is 1. The lowest BCUT2D eigenvalue weighted by molar-refractivity contribution is -0.116. The van der Waals surface area contributed by atoms with Crippen molar-refractivity contribution in [2.24, 2.45) is 10.9 Å². The summed E-state index contributed by atoms with van der Waals surface area (Å²) >= 11 is 0. The molecule has 0 bridgehead atoms. The first-order valence-electron chi connectivity index (χ1n) is 9.46. The summed E-state index contributed by atoms with van der Waals surface area (Å²) in [6.45, 7) is 9.23. The summed E-state index contributed by atoms with van der Waals surface area (Å²) in [5.41, 5.74) is 1.95. The molecule has 1 amide bonds. The van der Waals surface area contributed by atoms with E-state index in [4.69, 9.17) is 4.74 Å². The van der Waals surface area contributed by atoms with Crippen molar-refractivity contribution in [1.82, 2.24) is 10.6 Å². The Morgan fingerprint density at radius 2 is 1.85 bits per heavy atom. The van der Waals surface area contributed by atoms with Crippen LogP contribution in [0.2, 0.25) is 0 Å². The minimum Gasteiger partial charge on any atom is -0.380 e. The van der Waals surface area contributed by atoms with Gasteiger partial charge in [0.2, 0.25) is 5.91 Å². The fraction of sp³-hybridized carbons (Fsp3) is 0.600. The Bertz CT molecular complexity index is 547. The van der Waals surface area contributed by atoms with E-state index < -0.39 is 0 Å². The Morgan fingerprint density at radius 1 is 1.15 bits per heavy atom. The summed E-state index contributed by atoms with van der Waals surface area (Å²) in [6.07, 6.45) is 2.48. The van der Waals surface area contributed by atoms with Gasteiger partial charge in [0, 0.05) is 38.9 Å². The molecule has 1 aromatic rings. The van der Waals surface area contributed by atoms with E-state index in [-0.39, 0.29) is 29.9 Å². The SMILES string of the molecule is CCCC(=O)Nc1ccc(CNC(=NC)NCCOCCC(C)C)cc1.I. The summed E-state index contributed by atoms with van der Waals surface area (Å²) in [5.74, 6) is 1.47. The van der Waals surface area contributed by atoms with E-state index in [9.17, 15) is 4.79 Å². The van der Waals surface area contributed by atoms with E-state index in [1.54, 1.807) is 7.05 Å². The maximum absolute atomic E-state index is 11.6. The van der Waals surface area contributed by atoms with E-state index in [1.165, 1.54) is 0 Å². The number of nitrogens with one attached hydrogen (secondary N) is 3. The molecule has 0 radical (unpaired) electrons. The van der Waals surface area contributed by atoms with Gasteiger partial charge in [0.25, 0.3) is 0 Å². The summed E-state index contributed by atoms with van der Waals surface area (Å²) in [6, 6.07) is 7.83. The fourth-order valence-electron chi connectivity index (χ4n) is 2.23. The largest absolute Gasteiger partial charge is 0.380 e. The highest BCUT2D eigenvalue weighted by Crippen LogP contribution is 2.10. The smallest absolute Gasteiger partial charge is 0.224 e. The minimum atomic E-state index is 0. The second kappa shape index (κ2) is 15.7. The molecule has 0 atom stereocenters. The average Bonchev–Trinajstić information content (AvgIpc) is 2.61. The summed E-state index contributed by atoms with van der Waals surface area (Å²) in [5, 5.41) is 9.40. The first-order chi connectivity index (χ1) is 12.5. The zero-order valence-corrected chi connectivity index (χ0v) is 19.3. The third kappa shape index (κ3) is 12.6. The maximum Gasteiger partial charge on any atom is 0.224 e. The molecule has 0 heterocycles. The molecule has 0 fully saturated rings. The van der Waals surface area contributed by atoms with Crippen molar-refractivity contribution in [3.63, 3.8) is 0 Å². The Balaban J connectivity index is 0.00000676. The summed E-state index contributed by atoms with van der Waals surface area (Å²) < 4.78 is 5.58. The standard InChI is InChI=1S/C20H34N4O2.HI/c1-5-6-19(25)24-18-9-7-17(8-10-18)15-23-20(21-4)22-12-14-26-13-11-16(2)3;/h7-10,16H,5-6,11-15H2,1-4H3,(H,24,25)(H2,21,22,23);1H. The van der Waals surface area contributed by atoms with E-state index in [0.717, 1.165) is 43.2 Å². The number of amides is 1.